The van der Waals surface area contributed by atoms with E-state index in [0.29, 0.717) is 6.04 Å². The van der Waals surface area contributed by atoms with E-state index < -0.39 is 0 Å². The highest BCUT2D eigenvalue weighted by molar-refractivity contribution is 5.72. The Morgan fingerprint density at radius 3 is 2.54 bits per heavy atom. The molecule has 0 aromatic heterocycles. The molecule has 2 unspecified atom stereocenters. The number of piperidine rings is 1. The average Bonchev–Trinajstić information content (AvgIpc) is 3.00. The van der Waals surface area contributed by atoms with Gasteiger partial charge in [0.2, 0.25) is 0 Å². The number of hydrogen-bond donors (Lipinski definition) is 1. The van der Waals surface area contributed by atoms with Crippen LogP contribution in [0.1, 0.15) is 25.7 Å². The molecule has 2 fully saturated rings. The largest absolute Gasteiger partial charge is 0.469 e. The molecule has 1 saturated heterocycles. The summed E-state index contributed by atoms with van der Waals surface area (Å²) < 4.78 is 4.72. The Morgan fingerprint density at radius 1 is 1.31 bits per heavy atom. The van der Waals surface area contributed by atoms with E-state index in [-0.39, 0.29) is 11.9 Å². The van der Waals surface area contributed by atoms with Crippen LogP contribution in [0.25, 0.3) is 0 Å². The van der Waals surface area contributed by atoms with E-state index in [9.17, 15) is 4.79 Å². The van der Waals surface area contributed by atoms with Gasteiger partial charge in [0.1, 0.15) is 0 Å². The second kappa shape index (κ2) is 3.66. The topological polar surface area (TPSA) is 38.3 Å². The molecule has 0 spiro atoms. The van der Waals surface area contributed by atoms with Crippen LogP contribution in [0.5, 0.6) is 0 Å². The number of methoxy groups -OCH3 is 1. The van der Waals surface area contributed by atoms with Crippen molar-refractivity contribution in [2.24, 2.45) is 11.8 Å². The van der Waals surface area contributed by atoms with E-state index in [1.54, 1.807) is 0 Å². The van der Waals surface area contributed by atoms with Crippen LogP contribution in [0, 0.1) is 11.8 Å². The van der Waals surface area contributed by atoms with E-state index >= 15 is 0 Å². The zero-order valence-electron chi connectivity index (χ0n) is 8.08. The summed E-state index contributed by atoms with van der Waals surface area (Å²) in [7, 11) is 1.47. The van der Waals surface area contributed by atoms with Crippen LogP contribution in [0.4, 0.5) is 0 Å². The molecule has 13 heavy (non-hydrogen) atoms. The molecular formula is C10H17NO2. The van der Waals surface area contributed by atoms with Gasteiger partial charge in [-0.2, -0.15) is 0 Å². The van der Waals surface area contributed by atoms with Crippen molar-refractivity contribution in [1.29, 1.82) is 0 Å². The first-order chi connectivity index (χ1) is 6.31. The number of esters is 1. The number of hydrogen-bond acceptors (Lipinski definition) is 3. The maximum Gasteiger partial charge on any atom is 0.309 e. The Labute approximate surface area is 78.8 Å². The summed E-state index contributed by atoms with van der Waals surface area (Å²) in [5, 5.41) is 3.45. The second-order valence-corrected chi connectivity index (χ2v) is 4.15. The van der Waals surface area contributed by atoms with Crippen molar-refractivity contribution < 1.29 is 9.53 Å². The monoisotopic (exact) mass is 183 g/mol. The summed E-state index contributed by atoms with van der Waals surface area (Å²) in [5.74, 6) is 0.945. The Morgan fingerprint density at radius 2 is 2.08 bits per heavy atom. The minimum atomic E-state index is -0.0539. The standard InChI is InChI=1S/C10H17NO2/c1-13-10(12)8-4-5-9(11-6-8)7-2-3-7/h7-9,11H,2-6H2,1H3. The maximum atomic E-state index is 11.2. The zero-order valence-corrected chi connectivity index (χ0v) is 8.08. The minimum absolute atomic E-state index is 0.0539. The van der Waals surface area contributed by atoms with Gasteiger partial charge in [-0.1, -0.05) is 0 Å². The molecule has 0 bridgehead atoms. The molecule has 74 valence electrons. The molecule has 0 amide bonds. The van der Waals surface area contributed by atoms with Crippen molar-refractivity contribution >= 4 is 5.97 Å². The van der Waals surface area contributed by atoms with Crippen LogP contribution < -0.4 is 5.32 Å². The van der Waals surface area contributed by atoms with Gasteiger partial charge in [0.05, 0.1) is 13.0 Å². The van der Waals surface area contributed by atoms with Gasteiger partial charge in [0.15, 0.2) is 0 Å². The third kappa shape index (κ3) is 2.02. The quantitative estimate of drug-likeness (QED) is 0.647. The third-order valence-corrected chi connectivity index (χ3v) is 3.18. The first-order valence-electron chi connectivity index (χ1n) is 5.12. The molecule has 0 aromatic carbocycles. The third-order valence-electron chi connectivity index (χ3n) is 3.18. The number of nitrogens with one attached hydrogen (secondary N) is 1. The fraction of sp³-hybridized carbons (Fsp3) is 0.900. The van der Waals surface area contributed by atoms with Crippen molar-refractivity contribution in [3.63, 3.8) is 0 Å². The summed E-state index contributed by atoms with van der Waals surface area (Å²) in [4.78, 5) is 11.2. The maximum absolute atomic E-state index is 11.2. The zero-order chi connectivity index (χ0) is 9.26. The lowest BCUT2D eigenvalue weighted by molar-refractivity contribution is -0.146. The average molecular weight is 183 g/mol. The van der Waals surface area contributed by atoms with Crippen molar-refractivity contribution in [2.45, 2.75) is 31.7 Å². The highest BCUT2D eigenvalue weighted by Gasteiger charge is 2.35. The highest BCUT2D eigenvalue weighted by Crippen LogP contribution is 2.36. The Kier molecular flexibility index (Phi) is 2.54. The summed E-state index contributed by atoms with van der Waals surface area (Å²) in [6, 6.07) is 0.681. The van der Waals surface area contributed by atoms with E-state index in [4.69, 9.17) is 4.74 Å². The molecule has 0 radical (unpaired) electrons. The second-order valence-electron chi connectivity index (χ2n) is 4.15. The molecule has 3 nitrogen and oxygen atoms in total. The highest BCUT2D eigenvalue weighted by atomic mass is 16.5. The molecule has 1 aliphatic heterocycles. The van der Waals surface area contributed by atoms with Gasteiger partial charge in [-0.25, -0.2) is 0 Å². The van der Waals surface area contributed by atoms with E-state index in [0.717, 1.165) is 25.3 Å². The molecule has 0 aromatic rings. The molecular weight excluding hydrogens is 166 g/mol. The van der Waals surface area contributed by atoms with Crippen molar-refractivity contribution in [1.82, 2.24) is 5.32 Å². The van der Waals surface area contributed by atoms with Crippen molar-refractivity contribution in [2.75, 3.05) is 13.7 Å². The normalized spacial score (nSPS) is 34.2. The minimum Gasteiger partial charge on any atom is -0.469 e. The Bertz CT molecular complexity index is 193. The van der Waals surface area contributed by atoms with Gasteiger partial charge in [0, 0.05) is 12.6 Å². The fourth-order valence-corrected chi connectivity index (χ4v) is 2.15. The lowest BCUT2D eigenvalue weighted by atomic mass is 9.92. The Balaban J connectivity index is 1.78. The molecule has 3 heteroatoms. The number of carbonyl (C=O) groups excluding carboxylic acids is 1. The summed E-state index contributed by atoms with van der Waals surface area (Å²) >= 11 is 0. The van der Waals surface area contributed by atoms with Crippen LogP contribution in [0.2, 0.25) is 0 Å². The first-order valence-corrected chi connectivity index (χ1v) is 5.12. The van der Waals surface area contributed by atoms with Crippen LogP contribution in [-0.2, 0) is 9.53 Å². The molecule has 1 N–H and O–H groups in total. The van der Waals surface area contributed by atoms with E-state index in [1.807, 2.05) is 0 Å². The molecule has 1 aliphatic carbocycles. The molecule has 2 rings (SSSR count). The van der Waals surface area contributed by atoms with E-state index in [1.165, 1.54) is 20.0 Å². The van der Waals surface area contributed by atoms with Gasteiger partial charge in [0.25, 0.3) is 0 Å². The van der Waals surface area contributed by atoms with Crippen LogP contribution in [-0.4, -0.2) is 25.7 Å². The molecule has 1 heterocycles. The SMILES string of the molecule is COC(=O)C1CCC(C2CC2)NC1. The fourth-order valence-electron chi connectivity index (χ4n) is 2.15. The summed E-state index contributed by atoms with van der Waals surface area (Å²) in [5.41, 5.74) is 0. The summed E-state index contributed by atoms with van der Waals surface area (Å²) in [6.07, 6.45) is 4.90. The summed E-state index contributed by atoms with van der Waals surface area (Å²) in [6.45, 7) is 0.813. The number of carbonyl (C=O) groups is 1. The van der Waals surface area contributed by atoms with Crippen molar-refractivity contribution in [3.8, 4) is 0 Å². The van der Waals surface area contributed by atoms with Gasteiger partial charge < -0.3 is 10.1 Å². The smallest absolute Gasteiger partial charge is 0.309 e. The lowest BCUT2D eigenvalue weighted by Crippen LogP contribution is -2.43. The molecule has 2 atom stereocenters. The van der Waals surface area contributed by atoms with Gasteiger partial charge in [-0.05, 0) is 31.6 Å². The first kappa shape index (κ1) is 9.00. The predicted molar refractivity (Wildman–Crippen MR) is 49.3 cm³/mol. The predicted octanol–water partition coefficient (Wildman–Crippen LogP) is 0.938. The molecule has 2 aliphatic rings. The van der Waals surface area contributed by atoms with Gasteiger partial charge >= 0.3 is 5.97 Å². The molecule has 1 saturated carbocycles. The van der Waals surface area contributed by atoms with Crippen LogP contribution in [0.15, 0.2) is 0 Å². The van der Waals surface area contributed by atoms with Crippen LogP contribution >= 0.6 is 0 Å². The van der Waals surface area contributed by atoms with Gasteiger partial charge in [-0.15, -0.1) is 0 Å². The number of rotatable bonds is 2. The number of ether oxygens (including phenoxy) is 1. The van der Waals surface area contributed by atoms with Crippen LogP contribution in [0.3, 0.4) is 0 Å². The van der Waals surface area contributed by atoms with E-state index in [2.05, 4.69) is 5.32 Å². The van der Waals surface area contributed by atoms with Gasteiger partial charge in [-0.3, -0.25) is 4.79 Å². The van der Waals surface area contributed by atoms with Crippen molar-refractivity contribution in [3.05, 3.63) is 0 Å². The Hall–Kier alpha value is -0.570. The lowest BCUT2D eigenvalue weighted by Gasteiger charge is -2.28.